The zero-order valence-electron chi connectivity index (χ0n) is 15.4. The number of fused-ring (bicyclic) bond motifs is 2. The Morgan fingerprint density at radius 3 is 2.79 bits per heavy atom. The maximum Gasteiger partial charge on any atom is 0.325 e. The summed E-state index contributed by atoms with van der Waals surface area (Å²) in [5.41, 5.74) is 2.31. The predicted octanol–water partition coefficient (Wildman–Crippen LogP) is 3.87. The first kappa shape index (κ1) is 16.9. The average molecular weight is 385 g/mol. The minimum absolute atomic E-state index is 0.0440. The van der Waals surface area contributed by atoms with Gasteiger partial charge in [0, 0.05) is 17.6 Å². The van der Waals surface area contributed by atoms with E-state index in [1.807, 2.05) is 41.1 Å². The van der Waals surface area contributed by atoms with E-state index >= 15 is 0 Å². The van der Waals surface area contributed by atoms with Crippen LogP contribution in [0.5, 0.6) is 23.4 Å². The molecule has 5 aromatic rings. The SMILES string of the molecule is COc1cccc(-n2ncc3cc(Oc4nc(O)c5ccncc5n4)ccc32)c1. The summed E-state index contributed by atoms with van der Waals surface area (Å²) < 4.78 is 12.9. The molecule has 0 atom stereocenters. The van der Waals surface area contributed by atoms with Crippen molar-refractivity contribution in [2.45, 2.75) is 0 Å². The lowest BCUT2D eigenvalue weighted by molar-refractivity contribution is 0.412. The number of rotatable bonds is 4. The standard InChI is InChI=1S/C21H15N5O3/c1-28-15-4-2-3-14(10-15)26-19-6-5-16(9-13(19)11-23-26)29-21-24-18-12-22-8-7-17(18)20(27)25-21/h2-12H,1H3,(H,24,25,27). The number of hydrogen-bond acceptors (Lipinski definition) is 7. The van der Waals surface area contributed by atoms with Gasteiger partial charge in [-0.1, -0.05) is 6.07 Å². The van der Waals surface area contributed by atoms with Gasteiger partial charge in [0.2, 0.25) is 5.88 Å². The molecular weight excluding hydrogens is 370 g/mol. The highest BCUT2D eigenvalue weighted by Crippen LogP contribution is 2.29. The van der Waals surface area contributed by atoms with E-state index in [1.165, 1.54) is 0 Å². The topological polar surface area (TPSA) is 95.2 Å². The highest BCUT2D eigenvalue weighted by Gasteiger charge is 2.11. The molecule has 0 aliphatic heterocycles. The van der Waals surface area contributed by atoms with Crippen LogP contribution in [0.4, 0.5) is 0 Å². The summed E-state index contributed by atoms with van der Waals surface area (Å²) in [6, 6.07) is 14.9. The van der Waals surface area contributed by atoms with Crippen LogP contribution in [0.25, 0.3) is 27.5 Å². The molecule has 0 saturated carbocycles. The highest BCUT2D eigenvalue weighted by molar-refractivity contribution is 5.83. The summed E-state index contributed by atoms with van der Waals surface area (Å²) in [6.45, 7) is 0. The van der Waals surface area contributed by atoms with E-state index in [-0.39, 0.29) is 11.9 Å². The number of ether oxygens (including phenoxy) is 2. The molecule has 0 unspecified atom stereocenters. The van der Waals surface area contributed by atoms with E-state index in [4.69, 9.17) is 9.47 Å². The smallest absolute Gasteiger partial charge is 0.325 e. The van der Waals surface area contributed by atoms with Crippen molar-refractivity contribution in [3.8, 4) is 29.1 Å². The van der Waals surface area contributed by atoms with Crippen molar-refractivity contribution in [1.29, 1.82) is 0 Å². The Labute approximate surface area is 165 Å². The fraction of sp³-hybridized carbons (Fsp3) is 0.0476. The van der Waals surface area contributed by atoms with Crippen LogP contribution in [-0.4, -0.2) is 36.9 Å². The van der Waals surface area contributed by atoms with Gasteiger partial charge in [0.25, 0.3) is 0 Å². The van der Waals surface area contributed by atoms with Crippen LogP contribution in [0.3, 0.4) is 0 Å². The molecule has 5 rings (SSSR count). The Hall–Kier alpha value is -4.20. The van der Waals surface area contributed by atoms with Crippen LogP contribution >= 0.6 is 0 Å². The third-order valence-electron chi connectivity index (χ3n) is 4.51. The minimum Gasteiger partial charge on any atom is -0.497 e. The highest BCUT2D eigenvalue weighted by atomic mass is 16.5. The summed E-state index contributed by atoms with van der Waals surface area (Å²) in [5, 5.41) is 16.0. The molecule has 3 aromatic heterocycles. The maximum absolute atomic E-state index is 10.1. The molecule has 0 spiro atoms. The van der Waals surface area contributed by atoms with Gasteiger partial charge in [0.15, 0.2) is 0 Å². The quantitative estimate of drug-likeness (QED) is 0.502. The van der Waals surface area contributed by atoms with Crippen molar-refractivity contribution >= 4 is 21.8 Å². The molecule has 1 N–H and O–H groups in total. The van der Waals surface area contributed by atoms with Crippen LogP contribution < -0.4 is 9.47 Å². The molecule has 142 valence electrons. The maximum atomic E-state index is 10.1. The van der Waals surface area contributed by atoms with Crippen LogP contribution in [0, 0.1) is 0 Å². The van der Waals surface area contributed by atoms with Crippen molar-refractivity contribution in [3.63, 3.8) is 0 Å². The lowest BCUT2D eigenvalue weighted by Gasteiger charge is -2.08. The first-order valence-corrected chi connectivity index (χ1v) is 8.82. The van der Waals surface area contributed by atoms with Crippen LogP contribution in [0.1, 0.15) is 0 Å². The van der Waals surface area contributed by atoms with Crippen molar-refractivity contribution in [2.24, 2.45) is 0 Å². The lowest BCUT2D eigenvalue weighted by atomic mass is 10.2. The second kappa shape index (κ2) is 6.75. The van der Waals surface area contributed by atoms with E-state index < -0.39 is 0 Å². The summed E-state index contributed by atoms with van der Waals surface area (Å²) in [5.74, 6) is 1.14. The van der Waals surface area contributed by atoms with Crippen LogP contribution in [0.15, 0.2) is 67.1 Å². The molecule has 8 heteroatoms. The molecule has 29 heavy (non-hydrogen) atoms. The monoisotopic (exact) mass is 385 g/mol. The van der Waals surface area contributed by atoms with Gasteiger partial charge >= 0.3 is 6.01 Å². The third kappa shape index (κ3) is 3.06. The first-order chi connectivity index (χ1) is 14.2. The van der Waals surface area contributed by atoms with Gasteiger partial charge in [-0.15, -0.1) is 0 Å². The van der Waals surface area contributed by atoms with E-state index in [1.54, 1.807) is 37.8 Å². The largest absolute Gasteiger partial charge is 0.497 e. The summed E-state index contributed by atoms with van der Waals surface area (Å²) in [4.78, 5) is 12.3. The Morgan fingerprint density at radius 2 is 1.90 bits per heavy atom. The van der Waals surface area contributed by atoms with Gasteiger partial charge in [-0.05, 0) is 36.4 Å². The van der Waals surface area contributed by atoms with Gasteiger partial charge < -0.3 is 14.6 Å². The molecule has 0 aliphatic rings. The second-order valence-corrected chi connectivity index (χ2v) is 6.30. The molecule has 8 nitrogen and oxygen atoms in total. The Balaban J connectivity index is 1.50. The van der Waals surface area contributed by atoms with Gasteiger partial charge in [-0.3, -0.25) is 4.98 Å². The molecule has 0 bridgehead atoms. The van der Waals surface area contributed by atoms with Crippen molar-refractivity contribution in [2.75, 3.05) is 7.11 Å². The predicted molar refractivity (Wildman–Crippen MR) is 107 cm³/mol. The fourth-order valence-electron chi connectivity index (χ4n) is 3.12. The Kier molecular flexibility index (Phi) is 3.94. The molecule has 3 heterocycles. The number of aromatic nitrogens is 5. The number of hydrogen-bond donors (Lipinski definition) is 1. The molecule has 2 aromatic carbocycles. The van der Waals surface area contributed by atoms with E-state index in [9.17, 15) is 5.11 Å². The molecule has 0 amide bonds. The van der Waals surface area contributed by atoms with E-state index in [2.05, 4.69) is 20.1 Å². The summed E-state index contributed by atoms with van der Waals surface area (Å²) >= 11 is 0. The van der Waals surface area contributed by atoms with Crippen molar-refractivity contribution in [3.05, 3.63) is 67.1 Å². The Bertz CT molecular complexity index is 1350. The van der Waals surface area contributed by atoms with Gasteiger partial charge in [-0.2, -0.15) is 15.1 Å². The molecule has 0 fully saturated rings. The average Bonchev–Trinajstić information content (AvgIpc) is 3.17. The number of benzene rings is 2. The zero-order valence-corrected chi connectivity index (χ0v) is 15.4. The van der Waals surface area contributed by atoms with Gasteiger partial charge in [0.1, 0.15) is 11.5 Å². The number of pyridine rings is 1. The van der Waals surface area contributed by atoms with E-state index in [0.717, 1.165) is 22.3 Å². The van der Waals surface area contributed by atoms with Crippen molar-refractivity contribution in [1.82, 2.24) is 24.7 Å². The van der Waals surface area contributed by atoms with Gasteiger partial charge in [-0.25, -0.2) is 4.68 Å². The number of methoxy groups -OCH3 is 1. The third-order valence-corrected chi connectivity index (χ3v) is 4.51. The van der Waals surface area contributed by atoms with Crippen LogP contribution in [-0.2, 0) is 0 Å². The fourth-order valence-corrected chi connectivity index (χ4v) is 3.12. The van der Waals surface area contributed by atoms with E-state index in [0.29, 0.717) is 16.7 Å². The minimum atomic E-state index is -0.153. The second-order valence-electron chi connectivity index (χ2n) is 6.30. The molecule has 0 saturated heterocycles. The number of nitrogens with zero attached hydrogens (tertiary/aromatic N) is 5. The molecular formula is C21H15N5O3. The summed E-state index contributed by atoms with van der Waals surface area (Å²) in [7, 11) is 1.63. The zero-order chi connectivity index (χ0) is 19.8. The molecule has 0 radical (unpaired) electrons. The lowest BCUT2D eigenvalue weighted by Crippen LogP contribution is -1.97. The first-order valence-electron chi connectivity index (χ1n) is 8.82. The Morgan fingerprint density at radius 1 is 0.966 bits per heavy atom. The summed E-state index contributed by atoms with van der Waals surface area (Å²) in [6.07, 6.45) is 4.87. The van der Waals surface area contributed by atoms with Crippen molar-refractivity contribution < 1.29 is 14.6 Å². The van der Waals surface area contributed by atoms with Crippen LogP contribution in [0.2, 0.25) is 0 Å². The number of aromatic hydroxyl groups is 1. The molecule has 0 aliphatic carbocycles. The normalized spacial score (nSPS) is 11.1. The van der Waals surface area contributed by atoms with Gasteiger partial charge in [0.05, 0.1) is 41.6 Å².